The van der Waals surface area contributed by atoms with Crippen molar-refractivity contribution >= 4 is 35.0 Å². The van der Waals surface area contributed by atoms with E-state index in [4.69, 9.17) is 9.47 Å². The third-order valence-electron chi connectivity index (χ3n) is 4.53. The number of benzene rings is 1. The summed E-state index contributed by atoms with van der Waals surface area (Å²) in [7, 11) is 1.25. The van der Waals surface area contributed by atoms with Crippen LogP contribution in [0.3, 0.4) is 0 Å². The molecule has 2 saturated heterocycles. The second kappa shape index (κ2) is 11.1. The average Bonchev–Trinajstić information content (AvgIpc) is 3.07. The number of hydrogen-bond donors (Lipinski definition) is 1. The number of amidine groups is 1. The van der Waals surface area contributed by atoms with Crippen LogP contribution in [0.15, 0.2) is 45.4 Å². The van der Waals surface area contributed by atoms with Gasteiger partial charge in [0.1, 0.15) is 12.4 Å². The van der Waals surface area contributed by atoms with E-state index in [9.17, 15) is 9.59 Å². The van der Waals surface area contributed by atoms with Crippen molar-refractivity contribution in [3.05, 3.63) is 40.8 Å². The van der Waals surface area contributed by atoms with Gasteiger partial charge in [-0.25, -0.2) is 4.79 Å². The summed E-state index contributed by atoms with van der Waals surface area (Å²) >= 11 is 1.02. The molecule has 0 bridgehead atoms. The fraction of sp³-hybridized carbons (Fsp3) is 0.429. The zero-order chi connectivity index (χ0) is 22.2. The Bertz CT molecular complexity index is 892. The molecule has 2 heterocycles. The maximum absolute atomic E-state index is 11.8. The molecule has 9 nitrogen and oxygen atoms in total. The Balaban J connectivity index is 1.56. The number of rotatable bonds is 7. The predicted molar refractivity (Wildman–Crippen MR) is 119 cm³/mol. The number of para-hydroxylation sites is 1. The third-order valence-corrected chi connectivity index (χ3v) is 5.43. The number of amides is 1. The molecule has 2 fully saturated rings. The first-order chi connectivity index (χ1) is 14.9. The van der Waals surface area contributed by atoms with E-state index in [1.165, 1.54) is 7.11 Å². The van der Waals surface area contributed by atoms with Crippen LogP contribution in [-0.2, 0) is 19.1 Å². The van der Waals surface area contributed by atoms with Crippen LogP contribution in [0, 0.1) is 0 Å². The van der Waals surface area contributed by atoms with Crippen molar-refractivity contribution in [2.45, 2.75) is 26.1 Å². The highest BCUT2D eigenvalue weighted by atomic mass is 32.2. The summed E-state index contributed by atoms with van der Waals surface area (Å²) in [5.74, 6) is -0.315. The molecule has 10 heteroatoms. The quantitative estimate of drug-likeness (QED) is 0.295. The van der Waals surface area contributed by atoms with Gasteiger partial charge in [-0.2, -0.15) is 5.10 Å². The molecular formula is C21H26N4O5S. The normalized spacial score (nSPS) is 24.7. The molecule has 0 saturated carbocycles. The Hall–Kier alpha value is -2.69. The molecule has 2 unspecified atom stereocenters. The Morgan fingerprint density at radius 3 is 2.81 bits per heavy atom. The van der Waals surface area contributed by atoms with Gasteiger partial charge in [-0.3, -0.25) is 15.0 Å². The van der Waals surface area contributed by atoms with Crippen LogP contribution in [0.1, 0.15) is 19.4 Å². The fourth-order valence-electron chi connectivity index (χ4n) is 3.25. The number of carbonyl (C=O) groups is 2. The summed E-state index contributed by atoms with van der Waals surface area (Å²) in [6.07, 6.45) is 3.12. The number of methoxy groups -OCH3 is 1. The molecule has 1 amide bonds. The van der Waals surface area contributed by atoms with Gasteiger partial charge in [0.2, 0.25) is 0 Å². The first-order valence-corrected chi connectivity index (χ1v) is 10.8. The first-order valence-electron chi connectivity index (χ1n) is 9.94. The van der Waals surface area contributed by atoms with Crippen molar-refractivity contribution < 1.29 is 23.8 Å². The molecule has 31 heavy (non-hydrogen) atoms. The summed E-state index contributed by atoms with van der Waals surface area (Å²) in [4.78, 5) is 25.7. The molecule has 1 N–H and O–H groups in total. The lowest BCUT2D eigenvalue weighted by molar-refractivity contribution is -0.135. The lowest BCUT2D eigenvalue weighted by atomic mass is 10.2. The van der Waals surface area contributed by atoms with Crippen molar-refractivity contribution in [1.82, 2.24) is 10.2 Å². The molecule has 3 rings (SSSR count). The van der Waals surface area contributed by atoms with Crippen LogP contribution in [0.25, 0.3) is 0 Å². The topological polar surface area (TPSA) is 102 Å². The summed E-state index contributed by atoms with van der Waals surface area (Å²) in [5.41, 5.74) is 0.773. The number of ether oxygens (including phenoxy) is 3. The van der Waals surface area contributed by atoms with E-state index in [2.05, 4.69) is 39.0 Å². The van der Waals surface area contributed by atoms with Crippen LogP contribution in [-0.4, -0.2) is 73.7 Å². The van der Waals surface area contributed by atoms with Gasteiger partial charge in [0, 0.05) is 31.3 Å². The van der Waals surface area contributed by atoms with Gasteiger partial charge in [0.15, 0.2) is 5.17 Å². The maximum atomic E-state index is 11.8. The summed E-state index contributed by atoms with van der Waals surface area (Å²) in [6, 6.07) is 7.54. The smallest absolute Gasteiger partial charge is 0.331 e. The third kappa shape index (κ3) is 6.91. The molecule has 0 spiro atoms. The fourth-order valence-corrected chi connectivity index (χ4v) is 3.99. The van der Waals surface area contributed by atoms with Crippen LogP contribution in [0.2, 0.25) is 0 Å². The molecular weight excluding hydrogens is 420 g/mol. The number of nitrogens with one attached hydrogen (secondary N) is 1. The number of morpholine rings is 1. The highest BCUT2D eigenvalue weighted by molar-refractivity contribution is 8.18. The first kappa shape index (κ1) is 23.0. The van der Waals surface area contributed by atoms with Crippen molar-refractivity contribution in [2.24, 2.45) is 10.2 Å². The zero-order valence-electron chi connectivity index (χ0n) is 17.7. The summed E-state index contributed by atoms with van der Waals surface area (Å²) < 4.78 is 16.3. The molecule has 0 aromatic heterocycles. The minimum Gasteiger partial charge on any atom is -0.492 e. The van der Waals surface area contributed by atoms with Gasteiger partial charge in [-0.1, -0.05) is 12.1 Å². The highest BCUT2D eigenvalue weighted by Gasteiger charge is 2.25. The van der Waals surface area contributed by atoms with Gasteiger partial charge in [-0.15, -0.1) is 5.10 Å². The second-order valence-electron chi connectivity index (χ2n) is 7.14. The lowest BCUT2D eigenvalue weighted by Gasteiger charge is -2.35. The van der Waals surface area contributed by atoms with E-state index in [-0.39, 0.29) is 22.3 Å². The Morgan fingerprint density at radius 1 is 1.32 bits per heavy atom. The minimum absolute atomic E-state index is 0.205. The number of thioether (sulfide) groups is 1. The van der Waals surface area contributed by atoms with E-state index in [0.717, 1.165) is 43.0 Å². The van der Waals surface area contributed by atoms with E-state index in [0.29, 0.717) is 12.4 Å². The predicted octanol–water partition coefficient (Wildman–Crippen LogP) is 1.78. The van der Waals surface area contributed by atoms with Crippen LogP contribution in [0.5, 0.6) is 5.75 Å². The number of esters is 1. The minimum atomic E-state index is -0.602. The molecule has 0 aliphatic carbocycles. The molecule has 2 atom stereocenters. The monoisotopic (exact) mass is 446 g/mol. The van der Waals surface area contributed by atoms with Gasteiger partial charge in [0.05, 0.1) is 30.4 Å². The van der Waals surface area contributed by atoms with E-state index >= 15 is 0 Å². The van der Waals surface area contributed by atoms with Gasteiger partial charge in [0.25, 0.3) is 5.91 Å². The van der Waals surface area contributed by atoms with Crippen molar-refractivity contribution in [1.29, 1.82) is 0 Å². The summed E-state index contributed by atoms with van der Waals surface area (Å²) in [6.45, 7) is 7.30. The molecule has 1 aromatic carbocycles. The molecule has 0 radical (unpaired) electrons. The Labute approximate surface area is 185 Å². The van der Waals surface area contributed by atoms with E-state index in [1.807, 2.05) is 24.3 Å². The lowest BCUT2D eigenvalue weighted by Crippen LogP contribution is -2.46. The SMILES string of the molecule is COC(=O)/C=C1/S/C(=N\N=Cc2ccccc2OCCN2CC(C)OC(C)C2)NC1=O. The van der Waals surface area contributed by atoms with Gasteiger partial charge in [-0.05, 0) is 37.7 Å². The largest absolute Gasteiger partial charge is 0.492 e. The number of hydrogen-bond acceptors (Lipinski definition) is 9. The van der Waals surface area contributed by atoms with Gasteiger partial charge < -0.3 is 14.2 Å². The molecule has 2 aliphatic heterocycles. The Morgan fingerprint density at radius 2 is 2.06 bits per heavy atom. The second-order valence-corrected chi connectivity index (χ2v) is 8.17. The molecule has 2 aliphatic rings. The van der Waals surface area contributed by atoms with Crippen LogP contribution >= 0.6 is 11.8 Å². The Kier molecular flexibility index (Phi) is 8.21. The maximum Gasteiger partial charge on any atom is 0.331 e. The van der Waals surface area contributed by atoms with Crippen LogP contribution < -0.4 is 10.1 Å². The molecule has 1 aromatic rings. The van der Waals surface area contributed by atoms with Crippen molar-refractivity contribution in [3.63, 3.8) is 0 Å². The summed E-state index contributed by atoms with van der Waals surface area (Å²) in [5, 5.41) is 10.9. The standard InChI is InChI=1S/C21H26N4O5S/c1-14-12-25(13-15(2)30-14)8-9-29-17-7-5-4-6-16(17)11-22-24-21-23-20(27)18(31-21)10-19(26)28-3/h4-7,10-11,14-15H,8-9,12-13H2,1-3H3,(H,23,24,27)/b18-10+,22-11?. The van der Waals surface area contributed by atoms with Crippen molar-refractivity contribution in [3.8, 4) is 5.75 Å². The van der Waals surface area contributed by atoms with E-state index < -0.39 is 11.9 Å². The van der Waals surface area contributed by atoms with E-state index in [1.54, 1.807) is 6.21 Å². The highest BCUT2D eigenvalue weighted by Crippen LogP contribution is 2.23. The van der Waals surface area contributed by atoms with Crippen molar-refractivity contribution in [2.75, 3.05) is 33.4 Å². The average molecular weight is 447 g/mol. The number of nitrogens with zero attached hydrogens (tertiary/aromatic N) is 3. The van der Waals surface area contributed by atoms with Crippen LogP contribution in [0.4, 0.5) is 0 Å². The molecule has 166 valence electrons. The zero-order valence-corrected chi connectivity index (χ0v) is 18.6. The number of carbonyl (C=O) groups excluding carboxylic acids is 2. The van der Waals surface area contributed by atoms with Gasteiger partial charge >= 0.3 is 5.97 Å².